The van der Waals surface area contributed by atoms with Crippen LogP contribution in [0.3, 0.4) is 0 Å². The highest BCUT2D eigenvalue weighted by atomic mass is 14.9. The summed E-state index contributed by atoms with van der Waals surface area (Å²) in [6, 6.07) is 3.82. The Kier molecular flexibility index (Phi) is 3.71. The maximum Gasteiger partial charge on any atom is 0.123 e. The molecule has 1 aromatic heterocycles. The van der Waals surface area contributed by atoms with E-state index < -0.39 is 0 Å². The molecule has 0 atom stereocenters. The van der Waals surface area contributed by atoms with Crippen molar-refractivity contribution < 1.29 is 0 Å². The topological polar surface area (TPSA) is 50.9 Å². The fourth-order valence-corrected chi connectivity index (χ4v) is 1.05. The van der Waals surface area contributed by atoms with Crippen molar-refractivity contribution in [3.8, 4) is 0 Å². The molecule has 3 nitrogen and oxygen atoms in total. The van der Waals surface area contributed by atoms with Crippen LogP contribution in [0.15, 0.2) is 18.3 Å². The number of hydrogen-bond acceptors (Lipinski definition) is 3. The molecule has 0 saturated carbocycles. The van der Waals surface area contributed by atoms with Gasteiger partial charge in [0.25, 0.3) is 0 Å². The van der Waals surface area contributed by atoms with Crippen molar-refractivity contribution in [2.24, 2.45) is 5.92 Å². The molecule has 3 N–H and O–H groups in total. The highest BCUT2D eigenvalue weighted by molar-refractivity contribution is 5.29. The molecule has 0 bridgehead atoms. The highest BCUT2D eigenvalue weighted by Crippen LogP contribution is 2.00. The molecule has 1 heterocycles. The molecule has 0 radical (unpaired) electrons. The molecule has 0 aromatic carbocycles. The lowest BCUT2D eigenvalue weighted by atomic mass is 10.2. The number of anilines is 1. The molecular formula is C10H17N3. The average Bonchev–Trinajstić information content (AvgIpc) is 2.08. The zero-order valence-electron chi connectivity index (χ0n) is 8.25. The minimum atomic E-state index is 0.576. The molecule has 0 saturated heterocycles. The van der Waals surface area contributed by atoms with Crippen molar-refractivity contribution in [2.45, 2.75) is 20.4 Å². The van der Waals surface area contributed by atoms with Crippen molar-refractivity contribution in [3.05, 3.63) is 23.9 Å². The van der Waals surface area contributed by atoms with Gasteiger partial charge >= 0.3 is 0 Å². The van der Waals surface area contributed by atoms with E-state index in [4.69, 9.17) is 5.73 Å². The predicted molar refractivity (Wildman–Crippen MR) is 55.2 cm³/mol. The zero-order valence-corrected chi connectivity index (χ0v) is 8.25. The summed E-state index contributed by atoms with van der Waals surface area (Å²) in [7, 11) is 0. The molecule has 0 aliphatic rings. The highest BCUT2D eigenvalue weighted by Gasteiger charge is 1.95. The molecule has 1 rings (SSSR count). The average molecular weight is 179 g/mol. The Bertz CT molecular complexity index is 241. The third-order valence-corrected chi connectivity index (χ3v) is 1.73. The smallest absolute Gasteiger partial charge is 0.123 e. The van der Waals surface area contributed by atoms with E-state index in [1.165, 1.54) is 5.56 Å². The number of pyridine rings is 1. The second-order valence-corrected chi connectivity index (χ2v) is 3.62. The van der Waals surface area contributed by atoms with Crippen LogP contribution in [0.4, 0.5) is 5.82 Å². The van der Waals surface area contributed by atoms with Gasteiger partial charge in [-0.25, -0.2) is 4.98 Å². The van der Waals surface area contributed by atoms with E-state index in [0.29, 0.717) is 11.7 Å². The Labute approximate surface area is 79.4 Å². The molecule has 13 heavy (non-hydrogen) atoms. The number of nitrogen functional groups attached to an aromatic ring is 1. The van der Waals surface area contributed by atoms with Gasteiger partial charge in [-0.15, -0.1) is 0 Å². The quantitative estimate of drug-likeness (QED) is 0.734. The minimum Gasteiger partial charge on any atom is -0.384 e. The lowest BCUT2D eigenvalue weighted by molar-refractivity contribution is 0.552. The summed E-state index contributed by atoms with van der Waals surface area (Å²) in [6.07, 6.45) is 1.81. The van der Waals surface area contributed by atoms with Gasteiger partial charge in [0.1, 0.15) is 5.82 Å². The first-order valence-electron chi connectivity index (χ1n) is 4.59. The zero-order chi connectivity index (χ0) is 9.68. The summed E-state index contributed by atoms with van der Waals surface area (Å²) in [4.78, 5) is 4.01. The maximum absolute atomic E-state index is 5.47. The van der Waals surface area contributed by atoms with Gasteiger partial charge in [0.2, 0.25) is 0 Å². The van der Waals surface area contributed by atoms with Crippen molar-refractivity contribution in [1.29, 1.82) is 0 Å². The third kappa shape index (κ3) is 3.90. The van der Waals surface area contributed by atoms with Crippen molar-refractivity contribution in [2.75, 3.05) is 12.3 Å². The first-order valence-corrected chi connectivity index (χ1v) is 4.59. The monoisotopic (exact) mass is 179 g/mol. The maximum atomic E-state index is 5.47. The van der Waals surface area contributed by atoms with Gasteiger partial charge < -0.3 is 11.1 Å². The Hall–Kier alpha value is -1.09. The van der Waals surface area contributed by atoms with Crippen LogP contribution in [0, 0.1) is 5.92 Å². The molecule has 3 heteroatoms. The number of nitrogens with zero attached hydrogens (tertiary/aromatic N) is 1. The lowest BCUT2D eigenvalue weighted by Crippen LogP contribution is -2.19. The Morgan fingerprint density at radius 2 is 2.23 bits per heavy atom. The largest absolute Gasteiger partial charge is 0.384 e. The van der Waals surface area contributed by atoms with Gasteiger partial charge in [0.05, 0.1) is 0 Å². The van der Waals surface area contributed by atoms with Crippen molar-refractivity contribution in [1.82, 2.24) is 10.3 Å². The fourth-order valence-electron chi connectivity index (χ4n) is 1.05. The van der Waals surface area contributed by atoms with Gasteiger partial charge in [-0.05, 0) is 24.1 Å². The summed E-state index contributed by atoms with van der Waals surface area (Å²) in [5.74, 6) is 1.26. The first kappa shape index (κ1) is 9.99. The number of aromatic nitrogens is 1. The van der Waals surface area contributed by atoms with Crippen LogP contribution in [0.5, 0.6) is 0 Å². The van der Waals surface area contributed by atoms with E-state index >= 15 is 0 Å². The minimum absolute atomic E-state index is 0.576. The second-order valence-electron chi connectivity index (χ2n) is 3.62. The molecule has 72 valence electrons. The SMILES string of the molecule is CC(C)CNCc1ccc(N)nc1. The Morgan fingerprint density at radius 1 is 1.46 bits per heavy atom. The predicted octanol–water partition coefficient (Wildman–Crippen LogP) is 1.41. The van der Waals surface area contributed by atoms with Crippen LogP contribution >= 0.6 is 0 Å². The van der Waals surface area contributed by atoms with Crippen molar-refractivity contribution >= 4 is 5.82 Å². The fraction of sp³-hybridized carbons (Fsp3) is 0.500. The van der Waals surface area contributed by atoms with Gasteiger partial charge in [-0.3, -0.25) is 0 Å². The molecule has 1 aromatic rings. The van der Waals surface area contributed by atoms with Crippen LogP contribution in [-0.4, -0.2) is 11.5 Å². The Balaban J connectivity index is 2.33. The summed E-state index contributed by atoms with van der Waals surface area (Å²) in [5.41, 5.74) is 6.65. The summed E-state index contributed by atoms with van der Waals surface area (Å²) >= 11 is 0. The first-order chi connectivity index (χ1) is 6.18. The summed E-state index contributed by atoms with van der Waals surface area (Å²) in [6.45, 7) is 6.28. The van der Waals surface area contributed by atoms with Crippen molar-refractivity contribution in [3.63, 3.8) is 0 Å². The number of rotatable bonds is 4. The van der Waals surface area contributed by atoms with Crippen LogP contribution in [-0.2, 0) is 6.54 Å². The van der Waals surface area contributed by atoms with Gasteiger partial charge in [-0.1, -0.05) is 19.9 Å². The van der Waals surface area contributed by atoms with Gasteiger partial charge in [0.15, 0.2) is 0 Å². The van der Waals surface area contributed by atoms with E-state index in [1.807, 2.05) is 18.3 Å². The van der Waals surface area contributed by atoms with Crippen LogP contribution < -0.4 is 11.1 Å². The number of nitrogens with one attached hydrogen (secondary N) is 1. The molecular weight excluding hydrogens is 162 g/mol. The van der Waals surface area contributed by atoms with E-state index in [0.717, 1.165) is 13.1 Å². The molecule has 0 spiro atoms. The molecule has 0 amide bonds. The van der Waals surface area contributed by atoms with Gasteiger partial charge in [-0.2, -0.15) is 0 Å². The van der Waals surface area contributed by atoms with E-state index in [9.17, 15) is 0 Å². The van der Waals surface area contributed by atoms with Gasteiger partial charge in [0, 0.05) is 12.7 Å². The Morgan fingerprint density at radius 3 is 2.77 bits per heavy atom. The number of nitrogens with two attached hydrogens (primary N) is 1. The number of hydrogen-bond donors (Lipinski definition) is 2. The molecule has 0 aliphatic carbocycles. The van der Waals surface area contributed by atoms with Crippen LogP contribution in [0.25, 0.3) is 0 Å². The normalized spacial score (nSPS) is 10.7. The standard InChI is InChI=1S/C10H17N3/c1-8(2)5-12-6-9-3-4-10(11)13-7-9/h3-4,7-8,12H,5-6H2,1-2H3,(H2,11,13). The molecule has 0 unspecified atom stereocenters. The van der Waals surface area contributed by atoms with Crippen LogP contribution in [0.1, 0.15) is 19.4 Å². The lowest BCUT2D eigenvalue weighted by Gasteiger charge is -2.06. The molecule has 0 fully saturated rings. The summed E-state index contributed by atoms with van der Waals surface area (Å²) in [5, 5.41) is 3.34. The van der Waals surface area contributed by atoms with E-state index in [2.05, 4.69) is 24.1 Å². The van der Waals surface area contributed by atoms with Crippen LogP contribution in [0.2, 0.25) is 0 Å². The van der Waals surface area contributed by atoms with E-state index in [1.54, 1.807) is 0 Å². The second kappa shape index (κ2) is 4.82. The summed E-state index contributed by atoms with van der Waals surface area (Å²) < 4.78 is 0. The molecule has 0 aliphatic heterocycles. The third-order valence-electron chi connectivity index (χ3n) is 1.73. The van der Waals surface area contributed by atoms with E-state index in [-0.39, 0.29) is 0 Å².